The fraction of sp³-hybridized carbons (Fsp3) is 0.750. The topological polar surface area (TPSA) is 12.5 Å². The zero-order valence-corrected chi connectivity index (χ0v) is 6.97. The van der Waals surface area contributed by atoms with E-state index in [1.807, 2.05) is 6.20 Å². The minimum atomic E-state index is 0.784. The lowest BCUT2D eigenvalue weighted by molar-refractivity contribution is 0.169. The molecule has 0 aliphatic carbocycles. The summed E-state index contributed by atoms with van der Waals surface area (Å²) in [5, 5.41) is 0. The lowest BCUT2D eigenvalue weighted by atomic mass is 10.4. The van der Waals surface area contributed by atoms with Crippen LogP contribution in [0.1, 0.15) is 13.3 Å². The summed E-state index contributed by atoms with van der Waals surface area (Å²) in [5.74, 6) is 0. The molecule has 10 heavy (non-hydrogen) atoms. The SMILES string of the molecule is C=CN(CCC)CCOC. The maximum Gasteiger partial charge on any atom is 0.0637 e. The minimum Gasteiger partial charge on any atom is -0.383 e. The quantitative estimate of drug-likeness (QED) is 0.558. The number of nitrogens with zero attached hydrogens (tertiary/aromatic N) is 1. The van der Waals surface area contributed by atoms with Crippen LogP contribution in [0.4, 0.5) is 0 Å². The lowest BCUT2D eigenvalue weighted by Crippen LogP contribution is -2.22. The Bertz CT molecular complexity index is 83.3. The average Bonchev–Trinajstić information content (AvgIpc) is 1.98. The van der Waals surface area contributed by atoms with Crippen LogP contribution < -0.4 is 0 Å². The molecule has 0 amide bonds. The third kappa shape index (κ3) is 4.39. The molecule has 0 unspecified atom stereocenters. The predicted octanol–water partition coefficient (Wildman–Crippen LogP) is 1.49. The van der Waals surface area contributed by atoms with E-state index in [1.165, 1.54) is 0 Å². The van der Waals surface area contributed by atoms with Gasteiger partial charge in [0.1, 0.15) is 0 Å². The number of rotatable bonds is 6. The standard InChI is InChI=1S/C8H17NO/c1-4-6-9(5-2)7-8-10-3/h5H,2,4,6-8H2,1,3H3. The van der Waals surface area contributed by atoms with Gasteiger partial charge in [0.05, 0.1) is 6.61 Å². The van der Waals surface area contributed by atoms with E-state index in [4.69, 9.17) is 4.74 Å². The van der Waals surface area contributed by atoms with Gasteiger partial charge in [-0.25, -0.2) is 0 Å². The molecule has 60 valence electrons. The van der Waals surface area contributed by atoms with Gasteiger partial charge in [0.25, 0.3) is 0 Å². The van der Waals surface area contributed by atoms with E-state index < -0.39 is 0 Å². The molecule has 0 aromatic rings. The smallest absolute Gasteiger partial charge is 0.0637 e. The minimum absolute atomic E-state index is 0.784. The fourth-order valence-electron chi connectivity index (χ4n) is 0.790. The van der Waals surface area contributed by atoms with Crippen molar-refractivity contribution in [1.82, 2.24) is 4.90 Å². The summed E-state index contributed by atoms with van der Waals surface area (Å²) in [6.45, 7) is 8.67. The van der Waals surface area contributed by atoms with Gasteiger partial charge in [-0.1, -0.05) is 13.5 Å². The van der Waals surface area contributed by atoms with Crippen molar-refractivity contribution in [3.63, 3.8) is 0 Å². The van der Waals surface area contributed by atoms with Crippen LogP contribution in [-0.2, 0) is 4.74 Å². The fourth-order valence-corrected chi connectivity index (χ4v) is 0.790. The summed E-state index contributed by atoms with van der Waals surface area (Å²) < 4.78 is 4.93. The molecule has 0 fully saturated rings. The summed E-state index contributed by atoms with van der Waals surface area (Å²) in [6.07, 6.45) is 3.03. The normalized spacial score (nSPS) is 9.40. The van der Waals surface area contributed by atoms with Crippen molar-refractivity contribution in [3.05, 3.63) is 12.8 Å². The van der Waals surface area contributed by atoms with E-state index in [9.17, 15) is 0 Å². The van der Waals surface area contributed by atoms with Crippen molar-refractivity contribution < 1.29 is 4.74 Å². The van der Waals surface area contributed by atoms with E-state index in [0.717, 1.165) is 26.1 Å². The zero-order chi connectivity index (χ0) is 7.82. The van der Waals surface area contributed by atoms with Crippen LogP contribution in [0.25, 0.3) is 0 Å². The van der Waals surface area contributed by atoms with Crippen molar-refractivity contribution in [2.75, 3.05) is 26.8 Å². The van der Waals surface area contributed by atoms with Gasteiger partial charge in [0.2, 0.25) is 0 Å². The van der Waals surface area contributed by atoms with Crippen LogP contribution in [0, 0.1) is 0 Å². The third-order valence-electron chi connectivity index (χ3n) is 1.35. The molecule has 0 rings (SSSR count). The number of hydrogen-bond acceptors (Lipinski definition) is 2. The summed E-state index contributed by atoms with van der Waals surface area (Å²) in [5.41, 5.74) is 0. The van der Waals surface area contributed by atoms with Gasteiger partial charge in [-0.3, -0.25) is 0 Å². The summed E-state index contributed by atoms with van der Waals surface area (Å²) in [7, 11) is 1.72. The average molecular weight is 143 g/mol. The number of ether oxygens (including phenoxy) is 1. The van der Waals surface area contributed by atoms with Gasteiger partial charge < -0.3 is 9.64 Å². The zero-order valence-electron chi connectivity index (χ0n) is 6.97. The first-order valence-corrected chi connectivity index (χ1v) is 3.70. The molecule has 0 saturated carbocycles. The first-order chi connectivity index (χ1) is 4.85. The molecule has 0 saturated heterocycles. The molecule has 0 aliphatic heterocycles. The summed E-state index contributed by atoms with van der Waals surface area (Å²) in [4.78, 5) is 2.16. The second kappa shape index (κ2) is 6.62. The summed E-state index contributed by atoms with van der Waals surface area (Å²) >= 11 is 0. The molecule has 0 atom stereocenters. The number of hydrogen-bond donors (Lipinski definition) is 0. The van der Waals surface area contributed by atoms with E-state index in [2.05, 4.69) is 18.4 Å². The van der Waals surface area contributed by atoms with E-state index in [0.29, 0.717) is 0 Å². The molecule has 0 N–H and O–H groups in total. The van der Waals surface area contributed by atoms with Crippen molar-refractivity contribution in [3.8, 4) is 0 Å². The van der Waals surface area contributed by atoms with Gasteiger partial charge in [0, 0.05) is 20.2 Å². The largest absolute Gasteiger partial charge is 0.383 e. The molecule has 0 spiro atoms. The summed E-state index contributed by atoms with van der Waals surface area (Å²) in [6, 6.07) is 0. The van der Waals surface area contributed by atoms with Gasteiger partial charge >= 0.3 is 0 Å². The molecule has 0 heterocycles. The monoisotopic (exact) mass is 143 g/mol. The van der Waals surface area contributed by atoms with Crippen LogP contribution in [0.5, 0.6) is 0 Å². The van der Waals surface area contributed by atoms with Crippen molar-refractivity contribution in [2.24, 2.45) is 0 Å². The second-order valence-corrected chi connectivity index (χ2v) is 2.21. The van der Waals surface area contributed by atoms with Crippen molar-refractivity contribution >= 4 is 0 Å². The molecule has 0 bridgehead atoms. The van der Waals surface area contributed by atoms with Crippen LogP contribution >= 0.6 is 0 Å². The van der Waals surface area contributed by atoms with Gasteiger partial charge in [-0.15, -0.1) is 0 Å². The van der Waals surface area contributed by atoms with Gasteiger partial charge in [0.15, 0.2) is 0 Å². The Morgan fingerprint density at radius 1 is 1.50 bits per heavy atom. The molecule has 0 aromatic heterocycles. The molecule has 0 aliphatic rings. The van der Waals surface area contributed by atoms with Gasteiger partial charge in [-0.05, 0) is 12.6 Å². The van der Waals surface area contributed by atoms with Crippen LogP contribution in [0.15, 0.2) is 12.8 Å². The first kappa shape index (κ1) is 9.50. The Balaban J connectivity index is 3.29. The Kier molecular flexibility index (Phi) is 6.29. The van der Waals surface area contributed by atoms with Crippen LogP contribution in [-0.4, -0.2) is 31.7 Å². The highest BCUT2D eigenvalue weighted by Crippen LogP contribution is 1.90. The Labute approximate surface area is 63.5 Å². The highest BCUT2D eigenvalue weighted by atomic mass is 16.5. The van der Waals surface area contributed by atoms with E-state index in [-0.39, 0.29) is 0 Å². The molecular weight excluding hydrogens is 126 g/mol. The highest BCUT2D eigenvalue weighted by Gasteiger charge is 1.93. The Morgan fingerprint density at radius 3 is 2.60 bits per heavy atom. The maximum atomic E-state index is 4.93. The molecule has 2 heteroatoms. The molecular formula is C8H17NO. The van der Waals surface area contributed by atoms with Crippen molar-refractivity contribution in [2.45, 2.75) is 13.3 Å². The highest BCUT2D eigenvalue weighted by molar-refractivity contribution is 4.69. The Morgan fingerprint density at radius 2 is 2.20 bits per heavy atom. The predicted molar refractivity (Wildman–Crippen MR) is 43.9 cm³/mol. The lowest BCUT2D eigenvalue weighted by Gasteiger charge is -2.17. The maximum absolute atomic E-state index is 4.93. The van der Waals surface area contributed by atoms with E-state index >= 15 is 0 Å². The first-order valence-electron chi connectivity index (χ1n) is 3.70. The van der Waals surface area contributed by atoms with Crippen molar-refractivity contribution in [1.29, 1.82) is 0 Å². The molecule has 2 nitrogen and oxygen atoms in total. The Hall–Kier alpha value is -0.500. The van der Waals surface area contributed by atoms with Gasteiger partial charge in [-0.2, -0.15) is 0 Å². The molecule has 0 radical (unpaired) electrons. The van der Waals surface area contributed by atoms with E-state index in [1.54, 1.807) is 7.11 Å². The third-order valence-corrected chi connectivity index (χ3v) is 1.35. The number of methoxy groups -OCH3 is 1. The molecule has 0 aromatic carbocycles. The second-order valence-electron chi connectivity index (χ2n) is 2.21. The van der Waals surface area contributed by atoms with Crippen LogP contribution in [0.3, 0.4) is 0 Å². The van der Waals surface area contributed by atoms with Crippen LogP contribution in [0.2, 0.25) is 0 Å².